The molecule has 0 aliphatic carbocycles. The molecule has 7 heteroatoms. The number of amides is 1. The Morgan fingerprint density at radius 3 is 2.33 bits per heavy atom. The maximum Gasteiger partial charge on any atom is 0.255 e. The van der Waals surface area contributed by atoms with E-state index in [1.165, 1.54) is 27.4 Å². The van der Waals surface area contributed by atoms with Gasteiger partial charge in [-0.05, 0) is 24.6 Å². The fourth-order valence-corrected chi connectivity index (χ4v) is 2.47. The molecule has 0 aliphatic rings. The molecular formula is C20H25NO6. The minimum atomic E-state index is -0.861. The first kappa shape index (κ1) is 20.4. The van der Waals surface area contributed by atoms with Crippen molar-refractivity contribution in [3.63, 3.8) is 0 Å². The summed E-state index contributed by atoms with van der Waals surface area (Å²) in [5.41, 5.74) is 1.35. The number of aryl methyl sites for hydroxylation is 1. The van der Waals surface area contributed by atoms with Gasteiger partial charge in [0.05, 0.1) is 26.9 Å². The molecule has 1 unspecified atom stereocenters. The molecule has 0 aliphatic heterocycles. The molecule has 0 saturated carbocycles. The third kappa shape index (κ3) is 5.52. The Morgan fingerprint density at radius 2 is 1.70 bits per heavy atom. The van der Waals surface area contributed by atoms with E-state index < -0.39 is 12.0 Å². The molecule has 146 valence electrons. The van der Waals surface area contributed by atoms with Crippen molar-refractivity contribution in [3.8, 4) is 23.0 Å². The molecule has 7 nitrogen and oxygen atoms in total. The van der Waals surface area contributed by atoms with Crippen LogP contribution in [0.1, 0.15) is 15.9 Å². The van der Waals surface area contributed by atoms with Crippen molar-refractivity contribution >= 4 is 5.91 Å². The van der Waals surface area contributed by atoms with Gasteiger partial charge in [-0.25, -0.2) is 0 Å². The first-order valence-electron chi connectivity index (χ1n) is 8.44. The number of benzene rings is 2. The van der Waals surface area contributed by atoms with Crippen molar-refractivity contribution in [1.29, 1.82) is 0 Å². The van der Waals surface area contributed by atoms with E-state index in [-0.39, 0.29) is 18.7 Å². The molecule has 0 heterocycles. The topological polar surface area (TPSA) is 86.3 Å². The van der Waals surface area contributed by atoms with Crippen LogP contribution in [0.2, 0.25) is 0 Å². The molecule has 1 atom stereocenters. The zero-order valence-corrected chi connectivity index (χ0v) is 15.9. The van der Waals surface area contributed by atoms with Crippen LogP contribution in [-0.4, -0.2) is 51.6 Å². The second-order valence-corrected chi connectivity index (χ2v) is 5.90. The predicted octanol–water partition coefficient (Wildman–Crippen LogP) is 2.19. The van der Waals surface area contributed by atoms with Crippen LogP contribution in [0.25, 0.3) is 0 Å². The van der Waals surface area contributed by atoms with Gasteiger partial charge in [0.15, 0.2) is 11.5 Å². The zero-order chi connectivity index (χ0) is 19.8. The van der Waals surface area contributed by atoms with Crippen molar-refractivity contribution < 1.29 is 28.8 Å². The number of aliphatic hydroxyl groups is 1. The summed E-state index contributed by atoms with van der Waals surface area (Å²) >= 11 is 0. The molecule has 1 amide bonds. The van der Waals surface area contributed by atoms with Crippen molar-refractivity contribution in [3.05, 3.63) is 47.5 Å². The average Bonchev–Trinajstić information content (AvgIpc) is 2.69. The monoisotopic (exact) mass is 375 g/mol. The molecule has 2 aromatic rings. The third-order valence-corrected chi connectivity index (χ3v) is 3.88. The van der Waals surface area contributed by atoms with Crippen LogP contribution in [0, 0.1) is 6.92 Å². The number of aliphatic hydroxyl groups excluding tert-OH is 1. The predicted molar refractivity (Wildman–Crippen MR) is 101 cm³/mol. The molecule has 2 aromatic carbocycles. The van der Waals surface area contributed by atoms with Crippen LogP contribution >= 0.6 is 0 Å². The van der Waals surface area contributed by atoms with Crippen LogP contribution < -0.4 is 24.3 Å². The fraction of sp³-hybridized carbons (Fsp3) is 0.350. The van der Waals surface area contributed by atoms with Crippen LogP contribution in [-0.2, 0) is 0 Å². The maximum atomic E-state index is 12.5. The molecule has 0 radical (unpaired) electrons. The SMILES string of the molecule is COc1cc(OC)c(C(=O)NCC(O)COc2cccc(C)c2)cc1OC. The number of nitrogens with one attached hydrogen (secondary N) is 1. The highest BCUT2D eigenvalue weighted by Crippen LogP contribution is 2.34. The Hall–Kier alpha value is -2.93. The van der Waals surface area contributed by atoms with Crippen LogP contribution in [0.4, 0.5) is 0 Å². The second-order valence-electron chi connectivity index (χ2n) is 5.90. The van der Waals surface area contributed by atoms with Crippen LogP contribution in [0.3, 0.4) is 0 Å². The average molecular weight is 375 g/mol. The molecule has 0 spiro atoms. The highest BCUT2D eigenvalue weighted by atomic mass is 16.5. The van der Waals surface area contributed by atoms with E-state index in [1.807, 2.05) is 31.2 Å². The van der Waals surface area contributed by atoms with Gasteiger partial charge < -0.3 is 29.4 Å². The lowest BCUT2D eigenvalue weighted by molar-refractivity contribution is 0.0841. The summed E-state index contributed by atoms with van der Waals surface area (Å²) in [6.07, 6.45) is -0.861. The Kier molecular flexibility index (Phi) is 7.31. The minimum Gasteiger partial charge on any atom is -0.496 e. The Labute approximate surface area is 158 Å². The van der Waals surface area contributed by atoms with Gasteiger partial charge in [-0.15, -0.1) is 0 Å². The van der Waals surface area contributed by atoms with E-state index >= 15 is 0 Å². The maximum absolute atomic E-state index is 12.5. The largest absolute Gasteiger partial charge is 0.496 e. The normalized spacial score (nSPS) is 11.4. The smallest absolute Gasteiger partial charge is 0.255 e. The summed E-state index contributed by atoms with van der Waals surface area (Å²) < 4.78 is 21.2. The molecule has 0 bridgehead atoms. The number of methoxy groups -OCH3 is 3. The quantitative estimate of drug-likeness (QED) is 0.699. The number of carbonyl (C=O) groups is 1. The Balaban J connectivity index is 1.96. The fourth-order valence-electron chi connectivity index (χ4n) is 2.47. The van der Waals surface area contributed by atoms with Crippen LogP contribution in [0.5, 0.6) is 23.0 Å². The number of hydrogen-bond donors (Lipinski definition) is 2. The minimum absolute atomic E-state index is 0.0299. The summed E-state index contributed by atoms with van der Waals surface area (Å²) in [6, 6.07) is 10.6. The molecule has 0 aromatic heterocycles. The number of hydrogen-bond acceptors (Lipinski definition) is 6. The van der Waals surface area contributed by atoms with Gasteiger partial charge in [-0.3, -0.25) is 4.79 Å². The summed E-state index contributed by atoms with van der Waals surface area (Å²) in [5.74, 6) is 1.48. The van der Waals surface area contributed by atoms with Gasteiger partial charge >= 0.3 is 0 Å². The summed E-state index contributed by atoms with van der Waals surface area (Å²) in [7, 11) is 4.45. The molecule has 0 saturated heterocycles. The van der Waals surface area contributed by atoms with E-state index in [0.29, 0.717) is 23.0 Å². The number of ether oxygens (including phenoxy) is 4. The first-order chi connectivity index (χ1) is 13.0. The van der Waals surface area contributed by atoms with Crippen molar-refractivity contribution in [1.82, 2.24) is 5.32 Å². The third-order valence-electron chi connectivity index (χ3n) is 3.88. The molecule has 2 N–H and O–H groups in total. The van der Waals surface area contributed by atoms with Crippen molar-refractivity contribution in [2.24, 2.45) is 0 Å². The molecule has 2 rings (SSSR count). The summed E-state index contributed by atoms with van der Waals surface area (Å²) in [4.78, 5) is 12.5. The zero-order valence-electron chi connectivity index (χ0n) is 15.9. The second kappa shape index (κ2) is 9.68. The van der Waals surface area contributed by atoms with Gasteiger partial charge in [0, 0.05) is 18.7 Å². The van der Waals surface area contributed by atoms with E-state index in [0.717, 1.165) is 5.56 Å². The Bertz CT molecular complexity index is 777. The van der Waals surface area contributed by atoms with Gasteiger partial charge in [0.1, 0.15) is 24.2 Å². The summed E-state index contributed by atoms with van der Waals surface area (Å²) in [5, 5.41) is 12.7. The lowest BCUT2D eigenvalue weighted by atomic mass is 10.1. The van der Waals surface area contributed by atoms with E-state index in [4.69, 9.17) is 18.9 Å². The Morgan fingerprint density at radius 1 is 1.04 bits per heavy atom. The molecule has 0 fully saturated rings. The molecular weight excluding hydrogens is 350 g/mol. The lowest BCUT2D eigenvalue weighted by Gasteiger charge is -2.16. The highest BCUT2D eigenvalue weighted by Gasteiger charge is 2.18. The van der Waals surface area contributed by atoms with E-state index in [1.54, 1.807) is 6.07 Å². The van der Waals surface area contributed by atoms with Gasteiger partial charge in [-0.1, -0.05) is 12.1 Å². The van der Waals surface area contributed by atoms with Crippen LogP contribution in [0.15, 0.2) is 36.4 Å². The highest BCUT2D eigenvalue weighted by molar-refractivity contribution is 5.97. The standard InChI is InChI=1S/C20H25NO6/c1-13-6-5-7-15(8-13)27-12-14(22)11-21-20(23)16-9-18(25-3)19(26-4)10-17(16)24-2/h5-10,14,22H,11-12H2,1-4H3,(H,21,23). The van der Waals surface area contributed by atoms with Gasteiger partial charge in [-0.2, -0.15) is 0 Å². The van der Waals surface area contributed by atoms with Crippen molar-refractivity contribution in [2.75, 3.05) is 34.5 Å². The van der Waals surface area contributed by atoms with E-state index in [9.17, 15) is 9.90 Å². The van der Waals surface area contributed by atoms with E-state index in [2.05, 4.69) is 5.32 Å². The number of carbonyl (C=O) groups excluding carboxylic acids is 1. The summed E-state index contributed by atoms with van der Waals surface area (Å²) in [6.45, 7) is 2.05. The van der Waals surface area contributed by atoms with Gasteiger partial charge in [0.2, 0.25) is 0 Å². The number of rotatable bonds is 9. The van der Waals surface area contributed by atoms with Crippen molar-refractivity contribution in [2.45, 2.75) is 13.0 Å². The lowest BCUT2D eigenvalue weighted by Crippen LogP contribution is -2.35. The van der Waals surface area contributed by atoms with Gasteiger partial charge in [0.25, 0.3) is 5.91 Å². The molecule has 27 heavy (non-hydrogen) atoms. The first-order valence-corrected chi connectivity index (χ1v) is 8.44.